The van der Waals surface area contributed by atoms with Crippen LogP contribution in [0.5, 0.6) is 11.5 Å². The first-order valence-electron chi connectivity index (χ1n) is 9.44. The maximum absolute atomic E-state index is 12.4. The average molecular weight is 410 g/mol. The summed E-state index contributed by atoms with van der Waals surface area (Å²) in [6, 6.07) is 15.4. The van der Waals surface area contributed by atoms with Crippen molar-refractivity contribution in [3.63, 3.8) is 0 Å². The molecule has 2 heterocycles. The van der Waals surface area contributed by atoms with Crippen LogP contribution in [0.3, 0.4) is 0 Å². The van der Waals surface area contributed by atoms with Gasteiger partial charge >= 0.3 is 0 Å². The molecule has 29 heavy (non-hydrogen) atoms. The second kappa shape index (κ2) is 8.57. The van der Waals surface area contributed by atoms with Crippen molar-refractivity contribution in [1.82, 2.24) is 14.8 Å². The molecule has 1 N–H and O–H groups in total. The van der Waals surface area contributed by atoms with E-state index in [9.17, 15) is 4.79 Å². The summed E-state index contributed by atoms with van der Waals surface area (Å²) in [5.41, 5.74) is 1.96. The van der Waals surface area contributed by atoms with Crippen LogP contribution >= 0.6 is 11.8 Å². The van der Waals surface area contributed by atoms with E-state index in [0.717, 1.165) is 23.4 Å². The molecule has 2 aromatic carbocycles. The highest BCUT2D eigenvalue weighted by atomic mass is 32.2. The summed E-state index contributed by atoms with van der Waals surface area (Å²) in [6.45, 7) is 2.43. The van der Waals surface area contributed by atoms with Crippen LogP contribution in [-0.2, 0) is 18.3 Å². The topological polar surface area (TPSA) is 78.3 Å². The Morgan fingerprint density at radius 1 is 1.17 bits per heavy atom. The number of hydrogen-bond acceptors (Lipinski definition) is 6. The van der Waals surface area contributed by atoms with Gasteiger partial charge in [-0.05, 0) is 30.2 Å². The Morgan fingerprint density at radius 2 is 1.93 bits per heavy atom. The van der Waals surface area contributed by atoms with Crippen molar-refractivity contribution in [3.8, 4) is 11.5 Å². The number of amides is 1. The van der Waals surface area contributed by atoms with Gasteiger partial charge < -0.3 is 19.4 Å². The Labute approximate surface area is 173 Å². The van der Waals surface area contributed by atoms with E-state index in [-0.39, 0.29) is 17.8 Å². The molecule has 0 radical (unpaired) electrons. The van der Waals surface area contributed by atoms with Crippen LogP contribution in [0.25, 0.3) is 0 Å². The zero-order chi connectivity index (χ0) is 20.2. The lowest BCUT2D eigenvalue weighted by Gasteiger charge is -2.25. The largest absolute Gasteiger partial charge is 0.485 e. The lowest BCUT2D eigenvalue weighted by atomic mass is 10.1. The summed E-state index contributed by atoms with van der Waals surface area (Å²) in [6.07, 6.45) is 0.519. The fourth-order valence-electron chi connectivity index (χ4n) is 3.15. The number of nitrogens with zero attached hydrogens (tertiary/aromatic N) is 3. The van der Waals surface area contributed by atoms with Crippen molar-refractivity contribution >= 4 is 23.4 Å². The van der Waals surface area contributed by atoms with Gasteiger partial charge in [-0.2, -0.15) is 0 Å². The third kappa shape index (κ3) is 4.22. The Hall–Kier alpha value is -3.00. The summed E-state index contributed by atoms with van der Waals surface area (Å²) in [4.78, 5) is 12.4. The third-order valence-electron chi connectivity index (χ3n) is 4.67. The number of hydrogen-bond donors (Lipinski definition) is 1. The van der Waals surface area contributed by atoms with E-state index in [1.807, 2.05) is 60.1 Å². The molecule has 1 atom stereocenters. The van der Waals surface area contributed by atoms with Crippen molar-refractivity contribution in [1.29, 1.82) is 0 Å². The van der Waals surface area contributed by atoms with E-state index in [4.69, 9.17) is 9.47 Å². The van der Waals surface area contributed by atoms with E-state index in [1.54, 1.807) is 0 Å². The molecule has 3 aromatic rings. The molecule has 4 rings (SSSR count). The minimum Gasteiger partial charge on any atom is -0.485 e. The Kier molecular flexibility index (Phi) is 5.71. The normalized spacial score (nSPS) is 15.2. The van der Waals surface area contributed by atoms with Crippen molar-refractivity contribution in [3.05, 3.63) is 59.9 Å². The number of anilines is 1. The zero-order valence-electron chi connectivity index (χ0n) is 16.3. The summed E-state index contributed by atoms with van der Waals surface area (Å²) in [5.74, 6) is 2.25. The molecule has 1 aromatic heterocycles. The zero-order valence-corrected chi connectivity index (χ0v) is 17.1. The number of thioether (sulfide) groups is 1. The van der Waals surface area contributed by atoms with Gasteiger partial charge in [-0.25, -0.2) is 0 Å². The van der Waals surface area contributed by atoms with Gasteiger partial charge in [-0.3, -0.25) is 4.79 Å². The number of benzene rings is 2. The van der Waals surface area contributed by atoms with Gasteiger partial charge in [0.1, 0.15) is 6.61 Å². The van der Waals surface area contributed by atoms with Gasteiger partial charge in [-0.1, -0.05) is 49.0 Å². The fraction of sp³-hybridized carbons (Fsp3) is 0.286. The molecule has 1 aliphatic rings. The van der Waals surface area contributed by atoms with Gasteiger partial charge in [0.2, 0.25) is 5.91 Å². The highest BCUT2D eigenvalue weighted by molar-refractivity contribution is 7.99. The van der Waals surface area contributed by atoms with E-state index < -0.39 is 0 Å². The van der Waals surface area contributed by atoms with Crippen LogP contribution in [0, 0.1) is 0 Å². The van der Waals surface area contributed by atoms with Crippen LogP contribution in [0.4, 0.5) is 5.69 Å². The van der Waals surface area contributed by atoms with Gasteiger partial charge in [0.25, 0.3) is 0 Å². The molecule has 1 aliphatic heterocycles. The number of carbonyl (C=O) groups is 1. The van der Waals surface area contributed by atoms with Crippen LogP contribution in [0.1, 0.15) is 24.4 Å². The molecule has 0 spiro atoms. The monoisotopic (exact) mass is 410 g/mol. The number of aromatic nitrogens is 3. The molecular weight excluding hydrogens is 388 g/mol. The number of aryl methyl sites for hydroxylation is 1. The first-order valence-corrected chi connectivity index (χ1v) is 10.4. The van der Waals surface area contributed by atoms with Crippen LogP contribution in [-0.4, -0.2) is 33.0 Å². The first-order chi connectivity index (χ1) is 14.2. The number of para-hydroxylation sites is 3. The second-order valence-electron chi connectivity index (χ2n) is 6.61. The van der Waals surface area contributed by atoms with E-state index in [1.165, 1.54) is 11.8 Å². The van der Waals surface area contributed by atoms with E-state index >= 15 is 0 Å². The predicted octanol–water partition coefficient (Wildman–Crippen LogP) is 3.62. The van der Waals surface area contributed by atoms with Crippen molar-refractivity contribution in [2.45, 2.75) is 24.6 Å². The van der Waals surface area contributed by atoms with Gasteiger partial charge in [0, 0.05) is 12.7 Å². The molecular formula is C21H22N4O3S. The molecule has 1 unspecified atom stereocenters. The smallest absolute Gasteiger partial charge is 0.234 e. The standard InChI is InChI=1S/C21H22N4O3S/c1-3-14-8-4-5-9-15(14)22-19(26)13-29-21-24-23-20(25(21)2)18-12-27-16-10-6-7-11-17(16)28-18/h4-11,18H,3,12-13H2,1-2H3,(H,22,26). The Morgan fingerprint density at radius 3 is 2.76 bits per heavy atom. The lowest BCUT2D eigenvalue weighted by molar-refractivity contribution is -0.113. The minimum atomic E-state index is -0.345. The molecule has 0 fully saturated rings. The quantitative estimate of drug-likeness (QED) is 0.626. The number of nitrogens with one attached hydrogen (secondary N) is 1. The maximum Gasteiger partial charge on any atom is 0.234 e. The predicted molar refractivity (Wildman–Crippen MR) is 111 cm³/mol. The number of rotatable bonds is 6. The van der Waals surface area contributed by atoms with Crippen LogP contribution < -0.4 is 14.8 Å². The molecule has 0 saturated heterocycles. The summed E-state index contributed by atoms with van der Waals surface area (Å²) >= 11 is 1.34. The Bertz CT molecular complexity index is 1020. The third-order valence-corrected chi connectivity index (χ3v) is 5.69. The van der Waals surface area contributed by atoms with Crippen molar-refractivity contribution in [2.24, 2.45) is 7.05 Å². The molecule has 0 aliphatic carbocycles. The highest BCUT2D eigenvalue weighted by Crippen LogP contribution is 2.35. The summed E-state index contributed by atoms with van der Waals surface area (Å²) in [5, 5.41) is 12.1. The van der Waals surface area contributed by atoms with Crippen molar-refractivity contribution < 1.29 is 14.3 Å². The number of ether oxygens (including phenoxy) is 2. The van der Waals surface area contributed by atoms with Crippen LogP contribution in [0.2, 0.25) is 0 Å². The molecule has 0 saturated carbocycles. The van der Waals surface area contributed by atoms with Gasteiger partial charge in [-0.15, -0.1) is 10.2 Å². The Balaban J connectivity index is 1.39. The van der Waals surface area contributed by atoms with Crippen LogP contribution in [0.15, 0.2) is 53.7 Å². The fourth-order valence-corrected chi connectivity index (χ4v) is 3.86. The van der Waals surface area contributed by atoms with Crippen molar-refractivity contribution in [2.75, 3.05) is 17.7 Å². The minimum absolute atomic E-state index is 0.0772. The van der Waals surface area contributed by atoms with Gasteiger partial charge in [0.15, 0.2) is 28.6 Å². The summed E-state index contributed by atoms with van der Waals surface area (Å²) in [7, 11) is 1.87. The molecule has 1 amide bonds. The van der Waals surface area contributed by atoms with Gasteiger partial charge in [0.05, 0.1) is 5.75 Å². The average Bonchev–Trinajstić information content (AvgIpc) is 3.12. The summed E-state index contributed by atoms with van der Waals surface area (Å²) < 4.78 is 13.6. The maximum atomic E-state index is 12.4. The molecule has 0 bridgehead atoms. The highest BCUT2D eigenvalue weighted by Gasteiger charge is 2.27. The first kappa shape index (κ1) is 19.3. The molecule has 7 nitrogen and oxygen atoms in total. The molecule has 8 heteroatoms. The SMILES string of the molecule is CCc1ccccc1NC(=O)CSc1nnc(C2COc3ccccc3O2)n1C. The molecule has 150 valence electrons. The van der Waals surface area contributed by atoms with E-state index in [0.29, 0.717) is 23.3 Å². The number of carbonyl (C=O) groups excluding carboxylic acids is 1. The lowest BCUT2D eigenvalue weighted by Crippen LogP contribution is -2.24. The number of fused-ring (bicyclic) bond motifs is 1. The van der Waals surface area contributed by atoms with E-state index in [2.05, 4.69) is 22.4 Å². The second-order valence-corrected chi connectivity index (χ2v) is 7.55.